The van der Waals surface area contributed by atoms with Gasteiger partial charge in [0.15, 0.2) is 0 Å². The van der Waals surface area contributed by atoms with E-state index in [1.807, 2.05) is 37.3 Å². The Morgan fingerprint density at radius 2 is 1.96 bits per heavy atom. The number of hydrogen-bond donors (Lipinski definition) is 1. The van der Waals surface area contributed by atoms with Crippen molar-refractivity contribution in [1.29, 1.82) is 0 Å². The molecule has 0 atom stereocenters. The van der Waals surface area contributed by atoms with Gasteiger partial charge < -0.3 is 0 Å². The Labute approximate surface area is 143 Å². The van der Waals surface area contributed by atoms with Gasteiger partial charge in [0.1, 0.15) is 10.8 Å². The van der Waals surface area contributed by atoms with Crippen LogP contribution in [0.1, 0.15) is 21.7 Å². The summed E-state index contributed by atoms with van der Waals surface area (Å²) >= 11 is 6.38. The molecule has 3 rings (SSSR count). The minimum absolute atomic E-state index is 0.289. The topological polar surface area (TPSA) is 72.2 Å². The van der Waals surface area contributed by atoms with Gasteiger partial charge in [-0.3, -0.25) is 9.78 Å². The third kappa shape index (κ3) is 3.33. The highest BCUT2D eigenvalue weighted by Crippen LogP contribution is 2.21. The number of aryl methyl sites for hydroxylation is 1. The Kier molecular flexibility index (Phi) is 4.67. The molecule has 1 amide bonds. The second-order valence-electron chi connectivity index (χ2n) is 4.95. The lowest BCUT2D eigenvalue weighted by atomic mass is 10.3. The van der Waals surface area contributed by atoms with E-state index in [0.717, 1.165) is 5.69 Å². The van der Waals surface area contributed by atoms with Crippen LogP contribution in [0.4, 0.5) is 0 Å². The number of carbonyl (C=O) groups excluding carboxylic acids is 1. The molecule has 1 aromatic carbocycles. The number of amides is 1. The van der Waals surface area contributed by atoms with Crippen LogP contribution in [0, 0.1) is 6.92 Å². The average Bonchev–Trinajstić information content (AvgIpc) is 2.91. The van der Waals surface area contributed by atoms with Crippen LogP contribution in [-0.4, -0.2) is 26.9 Å². The number of rotatable bonds is 4. The van der Waals surface area contributed by atoms with Crippen LogP contribution in [0.2, 0.25) is 5.15 Å². The number of aromatic nitrogens is 3. The van der Waals surface area contributed by atoms with E-state index < -0.39 is 5.91 Å². The second-order valence-corrected chi connectivity index (χ2v) is 5.31. The van der Waals surface area contributed by atoms with Crippen LogP contribution >= 0.6 is 11.6 Å². The summed E-state index contributed by atoms with van der Waals surface area (Å²) in [6.07, 6.45) is 3.02. The van der Waals surface area contributed by atoms with Crippen molar-refractivity contribution < 1.29 is 4.79 Å². The SMILES string of the molecule is Cc1nn(-c2ccccc2)c(Cl)c1/C=N/NC(=O)c1ccccn1. The molecule has 24 heavy (non-hydrogen) atoms. The number of hydrazone groups is 1. The Hall–Kier alpha value is -2.99. The normalized spacial score (nSPS) is 10.9. The molecule has 0 aliphatic heterocycles. The second kappa shape index (κ2) is 7.06. The van der Waals surface area contributed by atoms with E-state index in [-0.39, 0.29) is 5.69 Å². The molecular weight excluding hydrogens is 326 g/mol. The molecule has 0 saturated heterocycles. The summed E-state index contributed by atoms with van der Waals surface area (Å²) in [7, 11) is 0. The molecule has 6 nitrogen and oxygen atoms in total. The van der Waals surface area contributed by atoms with Crippen molar-refractivity contribution in [3.8, 4) is 5.69 Å². The van der Waals surface area contributed by atoms with Crippen molar-refractivity contribution in [3.63, 3.8) is 0 Å². The molecule has 1 N–H and O–H groups in total. The molecule has 120 valence electrons. The molecule has 0 bridgehead atoms. The van der Waals surface area contributed by atoms with E-state index in [1.165, 1.54) is 6.21 Å². The van der Waals surface area contributed by atoms with Crippen molar-refractivity contribution >= 4 is 23.7 Å². The first-order chi connectivity index (χ1) is 11.7. The predicted octanol–water partition coefficient (Wildman–Crippen LogP) is 2.99. The molecule has 7 heteroatoms. The van der Waals surface area contributed by atoms with Crippen LogP contribution < -0.4 is 5.43 Å². The van der Waals surface area contributed by atoms with Gasteiger partial charge in [0, 0.05) is 6.20 Å². The first-order valence-electron chi connectivity index (χ1n) is 7.22. The van der Waals surface area contributed by atoms with Crippen molar-refractivity contribution in [2.45, 2.75) is 6.92 Å². The zero-order chi connectivity index (χ0) is 16.9. The zero-order valence-corrected chi connectivity index (χ0v) is 13.6. The number of pyridine rings is 1. The van der Waals surface area contributed by atoms with Crippen molar-refractivity contribution in [2.24, 2.45) is 5.10 Å². The van der Waals surface area contributed by atoms with Gasteiger partial charge in [0.2, 0.25) is 0 Å². The fourth-order valence-corrected chi connectivity index (χ4v) is 2.43. The van der Waals surface area contributed by atoms with Gasteiger partial charge in [-0.15, -0.1) is 0 Å². The van der Waals surface area contributed by atoms with Crippen LogP contribution in [0.25, 0.3) is 5.69 Å². The minimum Gasteiger partial charge on any atom is -0.266 e. The molecule has 0 aliphatic rings. The lowest BCUT2D eigenvalue weighted by Gasteiger charge is -2.02. The summed E-state index contributed by atoms with van der Waals surface area (Å²) in [5, 5.41) is 8.77. The van der Waals surface area contributed by atoms with E-state index in [4.69, 9.17) is 11.6 Å². The summed E-state index contributed by atoms with van der Waals surface area (Å²) in [6.45, 7) is 1.83. The molecule has 0 unspecified atom stereocenters. The molecule has 3 aromatic rings. The highest BCUT2D eigenvalue weighted by Gasteiger charge is 2.13. The maximum atomic E-state index is 11.9. The van der Waals surface area contributed by atoms with Gasteiger partial charge in [0.25, 0.3) is 5.91 Å². The third-order valence-electron chi connectivity index (χ3n) is 3.31. The number of nitrogens with one attached hydrogen (secondary N) is 1. The minimum atomic E-state index is -0.393. The van der Waals surface area contributed by atoms with Crippen LogP contribution in [0.5, 0.6) is 0 Å². The van der Waals surface area contributed by atoms with E-state index in [0.29, 0.717) is 16.4 Å². The van der Waals surface area contributed by atoms with Crippen LogP contribution in [0.3, 0.4) is 0 Å². The van der Waals surface area contributed by atoms with Gasteiger partial charge >= 0.3 is 0 Å². The van der Waals surface area contributed by atoms with Gasteiger partial charge in [-0.2, -0.15) is 10.2 Å². The van der Waals surface area contributed by atoms with Gasteiger partial charge in [0.05, 0.1) is 23.2 Å². The number of benzene rings is 1. The Bertz CT molecular complexity index is 875. The summed E-state index contributed by atoms with van der Waals surface area (Å²) in [5.41, 5.74) is 4.91. The number of halogens is 1. The van der Waals surface area contributed by atoms with Gasteiger partial charge in [-0.25, -0.2) is 10.1 Å². The molecule has 0 saturated carbocycles. The van der Waals surface area contributed by atoms with Gasteiger partial charge in [-0.05, 0) is 31.2 Å². The third-order valence-corrected chi connectivity index (χ3v) is 3.67. The Balaban J connectivity index is 1.78. The van der Waals surface area contributed by atoms with E-state index in [1.54, 1.807) is 29.1 Å². The summed E-state index contributed by atoms with van der Waals surface area (Å²) in [5.74, 6) is -0.393. The Morgan fingerprint density at radius 3 is 2.67 bits per heavy atom. The molecule has 0 aliphatic carbocycles. The predicted molar refractivity (Wildman–Crippen MR) is 92.6 cm³/mol. The number of para-hydroxylation sites is 1. The van der Waals surface area contributed by atoms with Gasteiger partial charge in [-0.1, -0.05) is 35.9 Å². The molecule has 0 radical (unpaired) electrons. The number of hydrogen-bond acceptors (Lipinski definition) is 4. The first kappa shape index (κ1) is 15.9. The molecular formula is C17H14ClN5O. The monoisotopic (exact) mass is 339 g/mol. The molecule has 2 heterocycles. The summed E-state index contributed by atoms with van der Waals surface area (Å²) in [6, 6.07) is 14.6. The van der Waals surface area contributed by atoms with Crippen molar-refractivity contribution in [1.82, 2.24) is 20.2 Å². The first-order valence-corrected chi connectivity index (χ1v) is 7.59. The average molecular weight is 340 g/mol. The van der Waals surface area contributed by atoms with E-state index >= 15 is 0 Å². The lowest BCUT2D eigenvalue weighted by molar-refractivity contribution is 0.0950. The van der Waals surface area contributed by atoms with Crippen molar-refractivity contribution in [2.75, 3.05) is 0 Å². The largest absolute Gasteiger partial charge is 0.289 e. The van der Waals surface area contributed by atoms with E-state index in [9.17, 15) is 4.79 Å². The smallest absolute Gasteiger partial charge is 0.266 e. The molecule has 0 fully saturated rings. The number of nitrogens with zero attached hydrogens (tertiary/aromatic N) is 4. The lowest BCUT2D eigenvalue weighted by Crippen LogP contribution is -2.18. The molecule has 2 aromatic heterocycles. The molecule has 0 spiro atoms. The fraction of sp³-hybridized carbons (Fsp3) is 0.0588. The quantitative estimate of drug-likeness (QED) is 0.586. The van der Waals surface area contributed by atoms with Crippen molar-refractivity contribution in [3.05, 3.63) is 76.8 Å². The summed E-state index contributed by atoms with van der Waals surface area (Å²) < 4.78 is 1.62. The van der Waals surface area contributed by atoms with E-state index in [2.05, 4.69) is 20.6 Å². The Morgan fingerprint density at radius 1 is 1.21 bits per heavy atom. The standard InChI is InChI=1S/C17H14ClN5O/c1-12-14(11-20-21-17(24)15-9-5-6-10-19-15)16(18)23(22-12)13-7-3-2-4-8-13/h2-11H,1H3,(H,21,24)/b20-11+. The van der Waals surface area contributed by atoms with Crippen LogP contribution in [0.15, 0.2) is 59.8 Å². The maximum absolute atomic E-state index is 11.9. The highest BCUT2D eigenvalue weighted by atomic mass is 35.5. The van der Waals surface area contributed by atoms with Crippen LogP contribution in [-0.2, 0) is 0 Å². The summed E-state index contributed by atoms with van der Waals surface area (Å²) in [4.78, 5) is 15.8. The fourth-order valence-electron chi connectivity index (χ4n) is 2.11. The maximum Gasteiger partial charge on any atom is 0.289 e. The number of carbonyl (C=O) groups is 1. The highest BCUT2D eigenvalue weighted by molar-refractivity contribution is 6.32. The zero-order valence-electron chi connectivity index (χ0n) is 12.8.